The van der Waals surface area contributed by atoms with Gasteiger partial charge in [-0.05, 0) is 54.4 Å². The zero-order valence-corrected chi connectivity index (χ0v) is 17.7. The maximum atomic E-state index is 12.4. The Hall–Kier alpha value is -3.38. The number of thioether (sulfide) groups is 1. The maximum absolute atomic E-state index is 12.4. The summed E-state index contributed by atoms with van der Waals surface area (Å²) < 4.78 is 0. The molecule has 0 unspecified atom stereocenters. The van der Waals surface area contributed by atoms with Crippen LogP contribution in [-0.4, -0.2) is 17.5 Å². The summed E-state index contributed by atoms with van der Waals surface area (Å²) in [5.74, 6) is 0.434. The molecule has 0 aliphatic rings. The third-order valence-corrected chi connectivity index (χ3v) is 5.37. The third kappa shape index (κ3) is 6.32. The lowest BCUT2D eigenvalue weighted by molar-refractivity contribution is -0.114. The first-order valence-electron chi connectivity index (χ1n) is 9.51. The van der Waals surface area contributed by atoms with Gasteiger partial charge >= 0.3 is 0 Å². The van der Waals surface area contributed by atoms with E-state index < -0.39 is 0 Å². The van der Waals surface area contributed by atoms with Gasteiger partial charge in [0.15, 0.2) is 0 Å². The topological polar surface area (TPSA) is 70.6 Å². The summed E-state index contributed by atoms with van der Waals surface area (Å²) in [5.41, 5.74) is 6.43. The minimum atomic E-state index is -0.269. The van der Waals surface area contributed by atoms with Crippen molar-refractivity contribution in [2.24, 2.45) is 5.10 Å². The van der Waals surface area contributed by atoms with E-state index in [0.29, 0.717) is 17.0 Å². The van der Waals surface area contributed by atoms with Gasteiger partial charge in [0.25, 0.3) is 5.91 Å². The first-order chi connectivity index (χ1) is 14.5. The van der Waals surface area contributed by atoms with Crippen LogP contribution in [0.15, 0.2) is 88.9 Å². The molecule has 3 rings (SSSR count). The van der Waals surface area contributed by atoms with Gasteiger partial charge in [0.2, 0.25) is 5.91 Å². The van der Waals surface area contributed by atoms with Gasteiger partial charge in [-0.3, -0.25) is 9.59 Å². The summed E-state index contributed by atoms with van der Waals surface area (Å²) in [5, 5.41) is 6.92. The Balaban J connectivity index is 1.58. The average Bonchev–Trinajstić information content (AvgIpc) is 2.76. The van der Waals surface area contributed by atoms with Crippen LogP contribution >= 0.6 is 11.8 Å². The smallest absolute Gasteiger partial charge is 0.271 e. The summed E-state index contributed by atoms with van der Waals surface area (Å²) in [7, 11) is 0. The second-order valence-electron chi connectivity index (χ2n) is 6.70. The molecule has 0 radical (unpaired) electrons. The second kappa shape index (κ2) is 10.4. The third-order valence-electron chi connectivity index (χ3n) is 4.29. The van der Waals surface area contributed by atoms with E-state index in [2.05, 4.69) is 28.0 Å². The number of carbonyl (C=O) groups is 2. The van der Waals surface area contributed by atoms with Gasteiger partial charge in [-0.25, -0.2) is 5.43 Å². The van der Waals surface area contributed by atoms with Gasteiger partial charge < -0.3 is 5.32 Å². The van der Waals surface area contributed by atoms with E-state index in [-0.39, 0.29) is 11.8 Å². The summed E-state index contributed by atoms with van der Waals surface area (Å²) in [6, 6.07) is 25.0. The molecule has 0 aliphatic heterocycles. The molecule has 152 valence electrons. The molecule has 0 fully saturated rings. The van der Waals surface area contributed by atoms with Crippen molar-refractivity contribution >= 4 is 35.0 Å². The van der Waals surface area contributed by atoms with E-state index >= 15 is 0 Å². The summed E-state index contributed by atoms with van der Waals surface area (Å²) in [6.45, 7) is 3.26. The number of carbonyl (C=O) groups excluding carboxylic acids is 2. The molecule has 0 heterocycles. The van der Waals surface area contributed by atoms with Crippen LogP contribution in [0.25, 0.3) is 0 Å². The van der Waals surface area contributed by atoms with E-state index in [1.807, 2.05) is 48.5 Å². The van der Waals surface area contributed by atoms with Crippen LogP contribution < -0.4 is 10.7 Å². The molecule has 0 atom stereocenters. The highest BCUT2D eigenvalue weighted by Crippen LogP contribution is 2.22. The van der Waals surface area contributed by atoms with Crippen LogP contribution in [0.2, 0.25) is 0 Å². The number of amides is 2. The van der Waals surface area contributed by atoms with E-state index in [9.17, 15) is 9.59 Å². The molecular formula is C24H23N3O2S. The first kappa shape index (κ1) is 21.3. The van der Waals surface area contributed by atoms with Crippen LogP contribution in [0.3, 0.4) is 0 Å². The monoisotopic (exact) mass is 417 g/mol. The number of hydrazone groups is 1. The van der Waals surface area contributed by atoms with Gasteiger partial charge in [0, 0.05) is 28.8 Å². The fourth-order valence-electron chi connectivity index (χ4n) is 2.72. The SMILES string of the molecule is CC(=O)Nc1cccc(/C(C)=N/NC(=O)c2ccc(CSc3ccccc3)cc2)c1. The molecule has 0 spiro atoms. The van der Waals surface area contributed by atoms with Crippen LogP contribution in [0.1, 0.15) is 35.3 Å². The van der Waals surface area contributed by atoms with Gasteiger partial charge in [-0.1, -0.05) is 42.5 Å². The van der Waals surface area contributed by atoms with Crippen molar-refractivity contribution in [1.29, 1.82) is 0 Å². The molecule has 5 nitrogen and oxygen atoms in total. The average molecular weight is 418 g/mol. The number of benzene rings is 3. The predicted molar refractivity (Wildman–Crippen MR) is 123 cm³/mol. The lowest BCUT2D eigenvalue weighted by Gasteiger charge is -2.07. The summed E-state index contributed by atoms with van der Waals surface area (Å²) >= 11 is 1.76. The minimum Gasteiger partial charge on any atom is -0.326 e. The number of hydrogen-bond donors (Lipinski definition) is 2. The van der Waals surface area contributed by atoms with E-state index in [0.717, 1.165) is 16.9 Å². The Labute approximate surface area is 180 Å². The lowest BCUT2D eigenvalue weighted by atomic mass is 10.1. The van der Waals surface area contributed by atoms with Crippen molar-refractivity contribution in [2.45, 2.75) is 24.5 Å². The zero-order valence-electron chi connectivity index (χ0n) is 16.9. The molecule has 0 saturated carbocycles. The molecule has 6 heteroatoms. The Morgan fingerprint density at radius 1 is 0.867 bits per heavy atom. The Morgan fingerprint density at radius 3 is 2.30 bits per heavy atom. The highest BCUT2D eigenvalue weighted by atomic mass is 32.2. The Kier molecular flexibility index (Phi) is 7.40. The largest absolute Gasteiger partial charge is 0.326 e. The van der Waals surface area contributed by atoms with Crippen LogP contribution in [0.4, 0.5) is 5.69 Å². The van der Waals surface area contributed by atoms with E-state index in [1.54, 1.807) is 36.9 Å². The highest BCUT2D eigenvalue weighted by Gasteiger charge is 2.06. The standard InChI is InChI=1S/C24H23N3O2S/c1-17(21-7-6-8-22(15-21)25-18(2)28)26-27-24(29)20-13-11-19(12-14-20)16-30-23-9-4-3-5-10-23/h3-15H,16H2,1-2H3,(H,25,28)(H,27,29)/b26-17+. The van der Waals surface area contributed by atoms with Crippen molar-refractivity contribution in [3.05, 3.63) is 95.6 Å². The fourth-order valence-corrected chi connectivity index (χ4v) is 3.60. The molecule has 0 bridgehead atoms. The van der Waals surface area contributed by atoms with E-state index in [4.69, 9.17) is 0 Å². The van der Waals surface area contributed by atoms with Crippen molar-refractivity contribution in [3.8, 4) is 0 Å². The van der Waals surface area contributed by atoms with Gasteiger partial charge in [0.05, 0.1) is 5.71 Å². The van der Waals surface area contributed by atoms with Gasteiger partial charge in [0.1, 0.15) is 0 Å². The fraction of sp³-hybridized carbons (Fsp3) is 0.125. The summed E-state index contributed by atoms with van der Waals surface area (Å²) in [6.07, 6.45) is 0. The van der Waals surface area contributed by atoms with Gasteiger partial charge in [-0.15, -0.1) is 11.8 Å². The lowest BCUT2D eigenvalue weighted by Crippen LogP contribution is -2.19. The number of anilines is 1. The van der Waals surface area contributed by atoms with Crippen molar-refractivity contribution < 1.29 is 9.59 Å². The number of hydrogen-bond acceptors (Lipinski definition) is 4. The van der Waals surface area contributed by atoms with Crippen LogP contribution in [-0.2, 0) is 10.5 Å². The molecule has 0 aliphatic carbocycles. The Morgan fingerprint density at radius 2 is 1.60 bits per heavy atom. The first-order valence-corrected chi connectivity index (χ1v) is 10.5. The van der Waals surface area contributed by atoms with Crippen LogP contribution in [0, 0.1) is 0 Å². The number of nitrogens with one attached hydrogen (secondary N) is 2. The van der Waals surface area contributed by atoms with Crippen molar-refractivity contribution in [3.63, 3.8) is 0 Å². The molecular weight excluding hydrogens is 394 g/mol. The van der Waals surface area contributed by atoms with Crippen molar-refractivity contribution in [2.75, 3.05) is 5.32 Å². The zero-order chi connectivity index (χ0) is 21.3. The maximum Gasteiger partial charge on any atom is 0.271 e. The molecule has 30 heavy (non-hydrogen) atoms. The molecule has 0 saturated heterocycles. The summed E-state index contributed by atoms with van der Waals surface area (Å²) in [4.78, 5) is 24.8. The predicted octanol–water partition coefficient (Wildman–Crippen LogP) is 5.09. The number of rotatable bonds is 7. The molecule has 0 aromatic heterocycles. The molecule has 3 aromatic carbocycles. The van der Waals surface area contributed by atoms with E-state index in [1.165, 1.54) is 11.8 Å². The molecule has 2 N–H and O–H groups in total. The van der Waals surface area contributed by atoms with Crippen molar-refractivity contribution in [1.82, 2.24) is 5.43 Å². The quantitative estimate of drug-likeness (QED) is 0.319. The Bertz CT molecular complexity index is 1050. The normalized spacial score (nSPS) is 11.1. The second-order valence-corrected chi connectivity index (χ2v) is 7.75. The minimum absolute atomic E-state index is 0.138. The highest BCUT2D eigenvalue weighted by molar-refractivity contribution is 7.98. The van der Waals surface area contributed by atoms with Gasteiger partial charge in [-0.2, -0.15) is 5.10 Å². The van der Waals surface area contributed by atoms with Crippen LogP contribution in [0.5, 0.6) is 0 Å². The molecule has 3 aromatic rings. The molecule has 2 amide bonds. The number of nitrogens with zero attached hydrogens (tertiary/aromatic N) is 1.